The number of hydrogen-bond donors (Lipinski definition) is 2. The highest BCUT2D eigenvalue weighted by molar-refractivity contribution is 5.95. The summed E-state index contributed by atoms with van der Waals surface area (Å²) in [5.41, 5.74) is -0.250. The Labute approximate surface area is 126 Å². The molecular weight excluding hydrogens is 268 g/mol. The lowest BCUT2D eigenvalue weighted by Gasteiger charge is -2.28. The topological polar surface area (TPSA) is 69.6 Å². The highest BCUT2D eigenvalue weighted by Gasteiger charge is 2.32. The van der Waals surface area contributed by atoms with Gasteiger partial charge in [0.2, 0.25) is 5.91 Å². The first-order valence-corrected chi connectivity index (χ1v) is 7.28. The van der Waals surface area contributed by atoms with E-state index in [0.29, 0.717) is 13.0 Å². The van der Waals surface area contributed by atoms with Crippen LogP contribution in [0.1, 0.15) is 33.6 Å². The van der Waals surface area contributed by atoms with Gasteiger partial charge in [-0.1, -0.05) is 31.5 Å². The molecule has 0 aliphatic carbocycles. The van der Waals surface area contributed by atoms with E-state index in [1.54, 1.807) is 11.8 Å². The Hall–Kier alpha value is -1.88. The van der Waals surface area contributed by atoms with Crippen LogP contribution in [0.2, 0.25) is 0 Å². The maximum Gasteiger partial charge on any atom is 0.323 e. The molecule has 5 heteroatoms. The lowest BCUT2D eigenvalue weighted by molar-refractivity contribution is -0.144. The van der Waals surface area contributed by atoms with Gasteiger partial charge in [-0.05, 0) is 32.4 Å². The van der Waals surface area contributed by atoms with E-state index < -0.39 is 11.5 Å². The third kappa shape index (κ3) is 4.56. The second-order valence-corrected chi connectivity index (χ2v) is 5.21. The van der Waals surface area contributed by atoms with Gasteiger partial charge in [0.15, 0.2) is 0 Å². The lowest BCUT2D eigenvalue weighted by atomic mass is 9.96. The Morgan fingerprint density at radius 3 is 2.33 bits per heavy atom. The van der Waals surface area contributed by atoms with Gasteiger partial charge in [-0.3, -0.25) is 14.9 Å². The van der Waals surface area contributed by atoms with Crippen molar-refractivity contribution in [2.75, 3.05) is 18.0 Å². The van der Waals surface area contributed by atoms with Crippen LogP contribution in [0.25, 0.3) is 0 Å². The molecule has 2 N–H and O–H groups in total. The maximum atomic E-state index is 12.3. The summed E-state index contributed by atoms with van der Waals surface area (Å²) in [7, 11) is 0. The molecule has 0 aliphatic heterocycles. The molecule has 1 rings (SSSR count). The fraction of sp³-hybridized carbons (Fsp3) is 0.500. The molecule has 116 valence electrons. The largest absolute Gasteiger partial charge is 0.480 e. The van der Waals surface area contributed by atoms with E-state index >= 15 is 0 Å². The third-order valence-electron chi connectivity index (χ3n) is 3.54. The van der Waals surface area contributed by atoms with E-state index in [2.05, 4.69) is 5.32 Å². The number of anilines is 1. The summed E-state index contributed by atoms with van der Waals surface area (Å²) in [5.74, 6) is -1.06. The molecule has 1 amide bonds. The van der Waals surface area contributed by atoms with Crippen LogP contribution in [0.5, 0.6) is 0 Å². The smallest absolute Gasteiger partial charge is 0.323 e. The number of carbonyl (C=O) groups is 2. The summed E-state index contributed by atoms with van der Waals surface area (Å²) < 4.78 is 0. The average molecular weight is 292 g/mol. The number of carbonyl (C=O) groups excluding carboxylic acids is 1. The average Bonchev–Trinajstić information content (AvgIpc) is 2.47. The Morgan fingerprint density at radius 2 is 1.86 bits per heavy atom. The zero-order valence-corrected chi connectivity index (χ0v) is 12.9. The van der Waals surface area contributed by atoms with Crippen LogP contribution in [-0.2, 0) is 9.59 Å². The van der Waals surface area contributed by atoms with Gasteiger partial charge in [0.1, 0.15) is 5.54 Å². The minimum Gasteiger partial charge on any atom is -0.480 e. The van der Waals surface area contributed by atoms with Gasteiger partial charge in [-0.2, -0.15) is 0 Å². The van der Waals surface area contributed by atoms with Crippen LogP contribution >= 0.6 is 0 Å². The Balaban J connectivity index is 2.73. The second kappa shape index (κ2) is 7.78. The fourth-order valence-corrected chi connectivity index (χ4v) is 2.25. The lowest BCUT2D eigenvalue weighted by Crippen LogP contribution is -2.53. The predicted molar refractivity (Wildman–Crippen MR) is 83.4 cm³/mol. The quantitative estimate of drug-likeness (QED) is 0.771. The molecule has 21 heavy (non-hydrogen) atoms. The van der Waals surface area contributed by atoms with Gasteiger partial charge in [-0.15, -0.1) is 0 Å². The van der Waals surface area contributed by atoms with Crippen molar-refractivity contribution in [2.45, 2.75) is 39.2 Å². The van der Waals surface area contributed by atoms with E-state index in [4.69, 9.17) is 0 Å². The molecule has 0 spiro atoms. The van der Waals surface area contributed by atoms with Gasteiger partial charge >= 0.3 is 5.97 Å². The molecular formula is C16H24N2O3. The standard InChI is InChI=1S/C16H24N2O3/c1-4-11-16(3,15(20)21)17-12-14(19)18(5-2)13-9-7-6-8-10-13/h6-10,17H,4-5,11-12H2,1-3H3,(H,20,21). The van der Waals surface area contributed by atoms with Gasteiger partial charge in [0, 0.05) is 12.2 Å². The second-order valence-electron chi connectivity index (χ2n) is 5.21. The minimum absolute atomic E-state index is 0.00549. The number of nitrogens with one attached hydrogen (secondary N) is 1. The number of aliphatic carboxylic acids is 1. The monoisotopic (exact) mass is 292 g/mol. The fourth-order valence-electron chi connectivity index (χ4n) is 2.25. The molecule has 1 aromatic rings. The van der Waals surface area contributed by atoms with Crippen molar-refractivity contribution in [2.24, 2.45) is 0 Å². The highest BCUT2D eigenvalue weighted by atomic mass is 16.4. The zero-order valence-electron chi connectivity index (χ0n) is 12.9. The normalized spacial score (nSPS) is 13.5. The van der Waals surface area contributed by atoms with E-state index in [9.17, 15) is 14.7 Å². The molecule has 1 aromatic carbocycles. The summed E-state index contributed by atoms with van der Waals surface area (Å²) >= 11 is 0. The van der Waals surface area contributed by atoms with Crippen molar-refractivity contribution < 1.29 is 14.7 Å². The molecule has 0 saturated heterocycles. The van der Waals surface area contributed by atoms with Gasteiger partial charge in [-0.25, -0.2) is 0 Å². The summed E-state index contributed by atoms with van der Waals surface area (Å²) in [6.45, 7) is 5.99. The van der Waals surface area contributed by atoms with Crippen LogP contribution in [0.15, 0.2) is 30.3 Å². The molecule has 1 unspecified atom stereocenters. The van der Waals surface area contributed by atoms with Crippen molar-refractivity contribution >= 4 is 17.6 Å². The van der Waals surface area contributed by atoms with Crippen LogP contribution < -0.4 is 10.2 Å². The molecule has 0 radical (unpaired) electrons. The third-order valence-corrected chi connectivity index (χ3v) is 3.54. The number of carboxylic acids is 1. The molecule has 0 aromatic heterocycles. The van der Waals surface area contributed by atoms with Gasteiger partial charge < -0.3 is 10.0 Å². The molecule has 0 bridgehead atoms. The molecule has 0 heterocycles. The summed E-state index contributed by atoms with van der Waals surface area (Å²) in [4.78, 5) is 25.3. The van der Waals surface area contributed by atoms with Crippen molar-refractivity contribution in [1.82, 2.24) is 5.32 Å². The molecule has 0 fully saturated rings. The van der Waals surface area contributed by atoms with Crippen molar-refractivity contribution in [1.29, 1.82) is 0 Å². The molecule has 0 aliphatic rings. The van der Waals surface area contributed by atoms with Crippen molar-refractivity contribution in [3.05, 3.63) is 30.3 Å². The first-order valence-electron chi connectivity index (χ1n) is 7.28. The van der Waals surface area contributed by atoms with Gasteiger partial charge in [0.05, 0.1) is 6.54 Å². The summed E-state index contributed by atoms with van der Waals surface area (Å²) in [6, 6.07) is 9.37. The van der Waals surface area contributed by atoms with Crippen LogP contribution in [-0.4, -0.2) is 35.6 Å². The number of hydrogen-bond acceptors (Lipinski definition) is 3. The first-order chi connectivity index (χ1) is 9.94. The number of benzene rings is 1. The van der Waals surface area contributed by atoms with Crippen molar-refractivity contribution in [3.8, 4) is 0 Å². The Bertz CT molecular complexity index is 476. The Morgan fingerprint density at radius 1 is 1.24 bits per heavy atom. The predicted octanol–water partition coefficient (Wildman–Crippen LogP) is 2.27. The number of likely N-dealkylation sites (N-methyl/N-ethyl adjacent to an activating group) is 1. The van der Waals surface area contributed by atoms with E-state index in [1.165, 1.54) is 0 Å². The maximum absolute atomic E-state index is 12.3. The van der Waals surface area contributed by atoms with E-state index in [-0.39, 0.29) is 12.5 Å². The van der Waals surface area contributed by atoms with E-state index in [1.807, 2.05) is 44.2 Å². The number of para-hydroxylation sites is 1. The molecule has 0 saturated carbocycles. The highest BCUT2D eigenvalue weighted by Crippen LogP contribution is 2.15. The van der Waals surface area contributed by atoms with Crippen LogP contribution in [0.3, 0.4) is 0 Å². The van der Waals surface area contributed by atoms with Gasteiger partial charge in [0.25, 0.3) is 0 Å². The SMILES string of the molecule is CCCC(C)(NCC(=O)N(CC)c1ccccc1)C(=O)O. The number of carboxylic acid groups (broad SMARTS) is 1. The van der Waals surface area contributed by atoms with E-state index in [0.717, 1.165) is 12.1 Å². The number of amides is 1. The summed E-state index contributed by atoms with van der Waals surface area (Å²) in [5, 5.41) is 12.2. The van der Waals surface area contributed by atoms with Crippen molar-refractivity contribution in [3.63, 3.8) is 0 Å². The zero-order chi connectivity index (χ0) is 15.9. The minimum atomic E-state index is -1.07. The molecule has 5 nitrogen and oxygen atoms in total. The number of rotatable bonds is 8. The summed E-state index contributed by atoms with van der Waals surface area (Å²) in [6.07, 6.45) is 1.22. The van der Waals surface area contributed by atoms with Crippen LogP contribution in [0, 0.1) is 0 Å². The Kier molecular flexibility index (Phi) is 6.37. The number of nitrogens with zero attached hydrogens (tertiary/aromatic N) is 1. The molecule has 1 atom stereocenters. The first kappa shape index (κ1) is 17.2. The van der Waals surface area contributed by atoms with Crippen LogP contribution in [0.4, 0.5) is 5.69 Å².